The van der Waals surface area contributed by atoms with Crippen molar-refractivity contribution in [2.45, 2.75) is 6.61 Å². The minimum Gasteiger partial charge on any atom is -0.456 e. The molecule has 0 unspecified atom stereocenters. The molecule has 2 N–H and O–H groups in total. The summed E-state index contributed by atoms with van der Waals surface area (Å²) in [6.45, 7) is -0.0130. The van der Waals surface area contributed by atoms with Crippen LogP contribution >= 0.6 is 34.8 Å². The molecule has 0 saturated carbocycles. The van der Waals surface area contributed by atoms with Crippen molar-refractivity contribution < 1.29 is 9.53 Å². The molecule has 2 aromatic heterocycles. The highest BCUT2D eigenvalue weighted by Crippen LogP contribution is 2.22. The summed E-state index contributed by atoms with van der Waals surface area (Å²) in [4.78, 5) is 23.0. The van der Waals surface area contributed by atoms with E-state index in [1.54, 1.807) is 12.1 Å². The van der Waals surface area contributed by atoms with Crippen molar-refractivity contribution in [3.05, 3.63) is 45.0 Å². The van der Waals surface area contributed by atoms with Gasteiger partial charge in [-0.3, -0.25) is 0 Å². The molecular weight excluding hydrogens is 327 g/mol. The number of ether oxygens (including phenoxy) is 1. The number of rotatable bonds is 3. The quantitative estimate of drug-likeness (QED) is 0.527. The second kappa shape index (κ2) is 6.21. The lowest BCUT2D eigenvalue weighted by Gasteiger charge is -2.07. The number of carbonyl (C=O) groups is 1. The molecule has 0 aliphatic rings. The molecule has 0 fully saturated rings. The molecule has 0 radical (unpaired) electrons. The fourth-order valence-electron chi connectivity index (χ4n) is 1.28. The Bertz CT molecular complexity index is 649. The lowest BCUT2D eigenvalue weighted by Crippen LogP contribution is -2.11. The number of esters is 1. The highest BCUT2D eigenvalue weighted by Gasteiger charge is 2.18. The zero-order valence-corrected chi connectivity index (χ0v) is 12.1. The van der Waals surface area contributed by atoms with E-state index in [9.17, 15) is 4.79 Å². The largest absolute Gasteiger partial charge is 0.456 e. The van der Waals surface area contributed by atoms with E-state index in [0.717, 1.165) is 0 Å². The van der Waals surface area contributed by atoms with Gasteiger partial charge >= 0.3 is 5.97 Å². The minimum atomic E-state index is -0.763. The Morgan fingerprint density at radius 2 is 2.00 bits per heavy atom. The Hall–Kier alpha value is -1.63. The Labute approximate surface area is 128 Å². The molecule has 9 heteroatoms. The Morgan fingerprint density at radius 3 is 2.65 bits per heavy atom. The lowest BCUT2D eigenvalue weighted by molar-refractivity contribution is 0.0465. The number of aromatic nitrogens is 3. The fourth-order valence-corrected chi connectivity index (χ4v) is 1.73. The number of hydrogen-bond donors (Lipinski definition) is 1. The summed E-state index contributed by atoms with van der Waals surface area (Å²) < 4.78 is 5.03. The highest BCUT2D eigenvalue weighted by atomic mass is 35.5. The Balaban J connectivity index is 2.11. The highest BCUT2D eigenvalue weighted by molar-refractivity contribution is 6.36. The molecule has 6 nitrogen and oxygen atoms in total. The number of anilines is 1. The van der Waals surface area contributed by atoms with Crippen molar-refractivity contribution in [2.75, 3.05) is 5.73 Å². The van der Waals surface area contributed by atoms with Crippen LogP contribution < -0.4 is 5.73 Å². The first-order valence-corrected chi connectivity index (χ1v) is 6.37. The maximum Gasteiger partial charge on any atom is 0.359 e. The normalized spacial score (nSPS) is 10.3. The van der Waals surface area contributed by atoms with E-state index >= 15 is 0 Å². The van der Waals surface area contributed by atoms with Crippen LogP contribution in [0.2, 0.25) is 15.5 Å². The van der Waals surface area contributed by atoms with Crippen molar-refractivity contribution in [1.29, 1.82) is 0 Å². The van der Waals surface area contributed by atoms with Gasteiger partial charge in [0, 0.05) is 11.8 Å². The molecule has 0 amide bonds. The molecule has 0 aliphatic heterocycles. The van der Waals surface area contributed by atoms with Crippen LogP contribution in [0.3, 0.4) is 0 Å². The van der Waals surface area contributed by atoms with Gasteiger partial charge in [-0.05, 0) is 17.7 Å². The summed E-state index contributed by atoms with van der Waals surface area (Å²) in [6.07, 6.45) is 1.48. The van der Waals surface area contributed by atoms with Crippen molar-refractivity contribution in [3.8, 4) is 0 Å². The third kappa shape index (κ3) is 3.47. The van der Waals surface area contributed by atoms with Gasteiger partial charge in [0.1, 0.15) is 22.6 Å². The number of hydrogen-bond acceptors (Lipinski definition) is 6. The van der Waals surface area contributed by atoms with Crippen molar-refractivity contribution in [1.82, 2.24) is 15.0 Å². The summed E-state index contributed by atoms with van der Waals surface area (Å²) in [5.41, 5.74) is 5.95. The lowest BCUT2D eigenvalue weighted by atomic mass is 10.3. The maximum absolute atomic E-state index is 11.9. The molecule has 0 spiro atoms. The molecule has 0 bridgehead atoms. The standard InChI is InChI=1S/C11H7Cl3N4O2/c12-6-2-1-5(3-16-6)4-20-10(19)8-7(13)9(15)18-11(14)17-8/h1-3H,4H2,(H2,15,17,18). The van der Waals surface area contributed by atoms with Crippen LogP contribution in [0.1, 0.15) is 16.1 Å². The summed E-state index contributed by atoms with van der Waals surface area (Å²) >= 11 is 17.1. The smallest absolute Gasteiger partial charge is 0.359 e. The molecule has 0 atom stereocenters. The summed E-state index contributed by atoms with van der Waals surface area (Å²) in [7, 11) is 0. The van der Waals surface area contributed by atoms with E-state index in [1.165, 1.54) is 6.20 Å². The molecule has 104 valence electrons. The fraction of sp³-hybridized carbons (Fsp3) is 0.0909. The Kier molecular flexibility index (Phi) is 4.59. The van der Waals surface area contributed by atoms with Gasteiger partial charge in [-0.25, -0.2) is 14.8 Å². The van der Waals surface area contributed by atoms with E-state index in [1.807, 2.05) is 0 Å². The van der Waals surface area contributed by atoms with Gasteiger partial charge in [0.05, 0.1) is 0 Å². The van der Waals surface area contributed by atoms with Crippen LogP contribution in [0.25, 0.3) is 0 Å². The first kappa shape index (κ1) is 14.8. The molecular formula is C11H7Cl3N4O2. The van der Waals surface area contributed by atoms with Gasteiger partial charge in [0.15, 0.2) is 5.69 Å². The molecule has 2 aromatic rings. The van der Waals surface area contributed by atoms with Gasteiger partial charge in [0.25, 0.3) is 0 Å². The van der Waals surface area contributed by atoms with E-state index in [4.69, 9.17) is 45.3 Å². The summed E-state index contributed by atoms with van der Waals surface area (Å²) in [5.74, 6) is -0.854. The van der Waals surface area contributed by atoms with E-state index < -0.39 is 5.97 Å². The third-order valence-corrected chi connectivity index (χ3v) is 2.97. The topological polar surface area (TPSA) is 91.0 Å². The summed E-state index contributed by atoms with van der Waals surface area (Å²) in [5, 5.41) is 0.0547. The minimum absolute atomic E-state index is 0.0130. The van der Waals surface area contributed by atoms with Crippen LogP contribution in [-0.4, -0.2) is 20.9 Å². The first-order valence-electron chi connectivity index (χ1n) is 5.23. The molecule has 0 saturated heterocycles. The maximum atomic E-state index is 11.9. The predicted molar refractivity (Wildman–Crippen MR) is 74.8 cm³/mol. The Morgan fingerprint density at radius 1 is 1.25 bits per heavy atom. The van der Waals surface area contributed by atoms with Crippen LogP contribution in [0.4, 0.5) is 5.82 Å². The van der Waals surface area contributed by atoms with Crippen LogP contribution in [0.5, 0.6) is 0 Å². The average Bonchev–Trinajstić information content (AvgIpc) is 2.42. The number of nitrogens with zero attached hydrogens (tertiary/aromatic N) is 3. The van der Waals surface area contributed by atoms with E-state index in [-0.39, 0.29) is 28.4 Å². The summed E-state index contributed by atoms with van der Waals surface area (Å²) in [6, 6.07) is 3.25. The molecule has 0 aliphatic carbocycles. The van der Waals surface area contributed by atoms with Crippen molar-refractivity contribution >= 4 is 46.6 Å². The predicted octanol–water partition coefficient (Wildman–Crippen LogP) is 2.77. The van der Waals surface area contributed by atoms with Gasteiger partial charge < -0.3 is 10.5 Å². The first-order chi connectivity index (χ1) is 9.47. The third-order valence-electron chi connectivity index (χ3n) is 2.20. The average molecular weight is 334 g/mol. The van der Waals surface area contributed by atoms with E-state index in [0.29, 0.717) is 10.7 Å². The number of nitrogens with two attached hydrogens (primary N) is 1. The number of carbonyl (C=O) groups excluding carboxylic acids is 1. The van der Waals surface area contributed by atoms with E-state index in [2.05, 4.69) is 15.0 Å². The second-order valence-electron chi connectivity index (χ2n) is 3.61. The van der Waals surface area contributed by atoms with Gasteiger partial charge in [-0.2, -0.15) is 4.98 Å². The molecule has 2 heterocycles. The molecule has 0 aromatic carbocycles. The number of halogens is 3. The van der Waals surface area contributed by atoms with Crippen LogP contribution in [0.15, 0.2) is 18.3 Å². The number of pyridine rings is 1. The number of nitrogen functional groups attached to an aromatic ring is 1. The van der Waals surface area contributed by atoms with Crippen molar-refractivity contribution in [3.63, 3.8) is 0 Å². The van der Waals surface area contributed by atoms with Gasteiger partial charge in [-0.1, -0.05) is 29.3 Å². The van der Waals surface area contributed by atoms with Crippen LogP contribution in [-0.2, 0) is 11.3 Å². The zero-order valence-electron chi connectivity index (χ0n) is 9.81. The molecule has 2 rings (SSSR count). The van der Waals surface area contributed by atoms with Crippen LogP contribution in [0, 0.1) is 0 Å². The van der Waals surface area contributed by atoms with Gasteiger partial charge in [0.2, 0.25) is 5.28 Å². The molecule has 20 heavy (non-hydrogen) atoms. The zero-order chi connectivity index (χ0) is 14.7. The van der Waals surface area contributed by atoms with Gasteiger partial charge in [-0.15, -0.1) is 0 Å². The van der Waals surface area contributed by atoms with Crippen molar-refractivity contribution in [2.24, 2.45) is 0 Å². The second-order valence-corrected chi connectivity index (χ2v) is 4.71. The SMILES string of the molecule is Nc1nc(Cl)nc(C(=O)OCc2ccc(Cl)nc2)c1Cl. The monoisotopic (exact) mass is 332 g/mol.